The molecule has 0 bridgehead atoms. The summed E-state index contributed by atoms with van der Waals surface area (Å²) in [5.41, 5.74) is 0.530. The molecule has 0 saturated carbocycles. The number of nitrogens with one attached hydrogen (secondary N) is 1. The Kier molecular flexibility index (Phi) is 6.49. The molecule has 28 heavy (non-hydrogen) atoms. The summed E-state index contributed by atoms with van der Waals surface area (Å²) in [6.45, 7) is 0.0895. The molecule has 0 aromatic heterocycles. The van der Waals surface area contributed by atoms with Gasteiger partial charge in [0, 0.05) is 6.08 Å². The number of benzene rings is 2. The highest BCUT2D eigenvalue weighted by Crippen LogP contribution is 2.30. The zero-order chi connectivity index (χ0) is 19.9. The highest BCUT2D eigenvalue weighted by Gasteiger charge is 2.21. The van der Waals surface area contributed by atoms with E-state index in [0.29, 0.717) is 23.7 Å². The van der Waals surface area contributed by atoms with E-state index < -0.39 is 24.3 Å². The van der Waals surface area contributed by atoms with Crippen LogP contribution in [0.25, 0.3) is 6.08 Å². The third-order valence-electron chi connectivity index (χ3n) is 3.80. The van der Waals surface area contributed by atoms with Gasteiger partial charge in [0.05, 0.1) is 11.6 Å². The van der Waals surface area contributed by atoms with Crippen molar-refractivity contribution in [3.05, 3.63) is 64.9 Å². The van der Waals surface area contributed by atoms with Gasteiger partial charge in [-0.3, -0.25) is 4.79 Å². The number of carbonyl (C=O) groups is 2. The lowest BCUT2D eigenvalue weighted by atomic mass is 10.2. The molecule has 146 valence electrons. The zero-order valence-corrected chi connectivity index (χ0v) is 15.4. The molecule has 1 atom stereocenters. The fourth-order valence-electron chi connectivity index (χ4n) is 2.41. The quantitative estimate of drug-likeness (QED) is 0.590. The predicted octanol–water partition coefficient (Wildman–Crippen LogP) is 2.99. The Balaban J connectivity index is 1.39. The van der Waals surface area contributed by atoms with Crippen molar-refractivity contribution in [3.8, 4) is 11.5 Å². The van der Waals surface area contributed by atoms with Gasteiger partial charge in [-0.15, -0.1) is 0 Å². The molecule has 8 heteroatoms. The summed E-state index contributed by atoms with van der Waals surface area (Å²) in [7, 11) is 0. The number of carbonyl (C=O) groups excluding carboxylic acids is 2. The lowest BCUT2D eigenvalue weighted by Crippen LogP contribution is -2.42. The summed E-state index contributed by atoms with van der Waals surface area (Å²) < 4.78 is 29.2. The minimum atomic E-state index is -0.707. The minimum Gasteiger partial charge on any atom is -0.486 e. The number of halogens is 2. The van der Waals surface area contributed by atoms with Gasteiger partial charge in [-0.2, -0.15) is 0 Å². The fourth-order valence-corrected chi connectivity index (χ4v) is 2.60. The molecule has 1 aliphatic heterocycles. The number of fused-ring (bicyclic) bond motifs is 1. The van der Waals surface area contributed by atoms with Crippen LogP contribution in [0.15, 0.2) is 48.5 Å². The van der Waals surface area contributed by atoms with Crippen LogP contribution in [-0.2, 0) is 14.3 Å². The lowest BCUT2D eigenvalue weighted by Gasteiger charge is -2.26. The molecule has 0 saturated heterocycles. The van der Waals surface area contributed by atoms with Crippen LogP contribution in [0.3, 0.4) is 0 Å². The smallest absolute Gasteiger partial charge is 0.331 e. The van der Waals surface area contributed by atoms with Crippen molar-refractivity contribution < 1.29 is 28.2 Å². The van der Waals surface area contributed by atoms with Crippen molar-refractivity contribution >= 4 is 29.6 Å². The van der Waals surface area contributed by atoms with E-state index >= 15 is 0 Å². The third-order valence-corrected chi connectivity index (χ3v) is 4.09. The first-order valence-electron chi connectivity index (χ1n) is 8.46. The van der Waals surface area contributed by atoms with E-state index in [9.17, 15) is 14.0 Å². The van der Waals surface area contributed by atoms with Gasteiger partial charge in [0.25, 0.3) is 5.91 Å². The van der Waals surface area contributed by atoms with Gasteiger partial charge in [0.2, 0.25) is 0 Å². The topological polar surface area (TPSA) is 73.9 Å². The molecule has 1 aliphatic rings. The molecular weight excluding hydrogens is 389 g/mol. The van der Waals surface area contributed by atoms with E-state index in [1.165, 1.54) is 24.3 Å². The van der Waals surface area contributed by atoms with E-state index in [0.717, 1.165) is 6.08 Å². The van der Waals surface area contributed by atoms with Crippen molar-refractivity contribution in [2.75, 3.05) is 19.8 Å². The van der Waals surface area contributed by atoms with Gasteiger partial charge in [-0.1, -0.05) is 29.8 Å². The maximum atomic E-state index is 13.1. The molecule has 1 amide bonds. The molecular formula is C20H17ClFNO5. The number of amides is 1. The van der Waals surface area contributed by atoms with Crippen LogP contribution in [0, 0.1) is 5.82 Å². The lowest BCUT2D eigenvalue weighted by molar-refractivity contribution is -0.143. The maximum Gasteiger partial charge on any atom is 0.331 e. The van der Waals surface area contributed by atoms with Crippen molar-refractivity contribution in [3.63, 3.8) is 0 Å². The fraction of sp³-hybridized carbons (Fsp3) is 0.200. The van der Waals surface area contributed by atoms with E-state index in [1.807, 2.05) is 12.1 Å². The van der Waals surface area contributed by atoms with Gasteiger partial charge in [-0.05, 0) is 35.9 Å². The third kappa shape index (κ3) is 5.47. The molecule has 0 radical (unpaired) electrons. The van der Waals surface area contributed by atoms with Crippen molar-refractivity contribution in [1.82, 2.24) is 5.32 Å². The Morgan fingerprint density at radius 1 is 1.25 bits per heavy atom. The van der Waals surface area contributed by atoms with E-state index in [1.54, 1.807) is 12.1 Å². The number of ether oxygens (including phenoxy) is 3. The van der Waals surface area contributed by atoms with E-state index in [2.05, 4.69) is 5.32 Å². The normalized spacial score (nSPS) is 15.3. The molecule has 1 heterocycles. The highest BCUT2D eigenvalue weighted by atomic mass is 35.5. The Hall–Kier alpha value is -3.06. The Morgan fingerprint density at radius 2 is 2.04 bits per heavy atom. The summed E-state index contributed by atoms with van der Waals surface area (Å²) in [6, 6.07) is 11.3. The minimum absolute atomic E-state index is 0.0496. The second-order valence-corrected chi connectivity index (χ2v) is 6.32. The molecule has 6 nitrogen and oxygen atoms in total. The molecule has 1 N–H and O–H groups in total. The van der Waals surface area contributed by atoms with Gasteiger partial charge in [-0.25, -0.2) is 9.18 Å². The first-order valence-corrected chi connectivity index (χ1v) is 8.84. The van der Waals surface area contributed by atoms with Crippen LogP contribution >= 0.6 is 11.6 Å². The van der Waals surface area contributed by atoms with Gasteiger partial charge >= 0.3 is 5.97 Å². The number of hydrogen-bond acceptors (Lipinski definition) is 5. The highest BCUT2D eigenvalue weighted by molar-refractivity contribution is 6.30. The van der Waals surface area contributed by atoms with Crippen molar-refractivity contribution in [2.24, 2.45) is 0 Å². The second kappa shape index (κ2) is 9.23. The summed E-state index contributed by atoms with van der Waals surface area (Å²) >= 11 is 5.66. The monoisotopic (exact) mass is 405 g/mol. The van der Waals surface area contributed by atoms with Gasteiger partial charge in [0.15, 0.2) is 18.1 Å². The molecule has 2 aromatic carbocycles. The summed E-state index contributed by atoms with van der Waals surface area (Å²) in [5, 5.41) is 2.57. The second-order valence-electron chi connectivity index (χ2n) is 5.92. The van der Waals surface area contributed by atoms with Crippen molar-refractivity contribution in [2.45, 2.75) is 6.10 Å². The number of esters is 1. The average Bonchev–Trinajstić information content (AvgIpc) is 2.71. The predicted molar refractivity (Wildman–Crippen MR) is 101 cm³/mol. The largest absolute Gasteiger partial charge is 0.486 e. The molecule has 0 spiro atoms. The van der Waals surface area contributed by atoms with Crippen LogP contribution < -0.4 is 14.8 Å². The summed E-state index contributed by atoms with van der Waals surface area (Å²) in [5.74, 6) is -0.441. The van der Waals surface area contributed by atoms with Crippen molar-refractivity contribution in [1.29, 1.82) is 0 Å². The molecule has 0 unspecified atom stereocenters. The number of para-hydroxylation sites is 2. The maximum absolute atomic E-state index is 13.1. The molecule has 0 fully saturated rings. The summed E-state index contributed by atoms with van der Waals surface area (Å²) in [6.07, 6.45) is 2.21. The summed E-state index contributed by atoms with van der Waals surface area (Å²) in [4.78, 5) is 23.5. The first kappa shape index (κ1) is 19.7. The van der Waals surface area contributed by atoms with Crippen LogP contribution in [-0.4, -0.2) is 37.7 Å². The Morgan fingerprint density at radius 3 is 2.82 bits per heavy atom. The zero-order valence-electron chi connectivity index (χ0n) is 14.7. The molecule has 2 aromatic rings. The van der Waals surface area contributed by atoms with E-state index in [-0.39, 0.29) is 17.7 Å². The Labute approximate surface area is 165 Å². The first-order chi connectivity index (χ1) is 13.5. The van der Waals surface area contributed by atoms with E-state index in [4.69, 9.17) is 25.8 Å². The molecule has 0 aliphatic carbocycles. The van der Waals surface area contributed by atoms with Crippen LogP contribution in [0.4, 0.5) is 4.39 Å². The average molecular weight is 406 g/mol. The Bertz CT molecular complexity index is 902. The number of hydrogen-bond donors (Lipinski definition) is 1. The molecule has 3 rings (SSSR count). The SMILES string of the molecule is O=C(COC(=O)/C=C/c1ccc(F)c(Cl)c1)NC[C@@H]1COc2ccccc2O1. The number of rotatable bonds is 6. The van der Waals surface area contributed by atoms with Crippen LogP contribution in [0.1, 0.15) is 5.56 Å². The van der Waals surface area contributed by atoms with Gasteiger partial charge in [0.1, 0.15) is 18.5 Å². The van der Waals surface area contributed by atoms with Gasteiger partial charge < -0.3 is 19.5 Å². The van der Waals surface area contributed by atoms with Crippen LogP contribution in [0.5, 0.6) is 11.5 Å². The van der Waals surface area contributed by atoms with Crippen LogP contribution in [0.2, 0.25) is 5.02 Å². The standard InChI is InChI=1S/C20H17ClFNO5/c21-15-9-13(5-7-16(15)22)6-8-20(25)27-12-19(24)23-10-14-11-26-17-3-1-2-4-18(17)28-14/h1-9,14H,10-12H2,(H,23,24)/b8-6+/t14-/m1/s1.